The van der Waals surface area contributed by atoms with Crippen LogP contribution in [0.1, 0.15) is 126 Å². The minimum absolute atomic E-state index is 0.0229. The van der Waals surface area contributed by atoms with E-state index in [0.717, 1.165) is 55.1 Å². The first-order valence-electron chi connectivity index (χ1n) is 38.7. The van der Waals surface area contributed by atoms with Crippen LogP contribution in [0.4, 0.5) is 0 Å². The molecule has 54 nitrogen and oxygen atoms in total. The second-order valence-corrected chi connectivity index (χ2v) is 28.5. The number of nitrogens with one attached hydrogen (secondary N) is 2. The van der Waals surface area contributed by atoms with Crippen molar-refractivity contribution in [2.75, 3.05) is 50.9 Å². The van der Waals surface area contributed by atoms with E-state index in [0.29, 0.717) is 31.7 Å². The van der Waals surface area contributed by atoms with Crippen LogP contribution in [0.3, 0.4) is 0 Å². The number of ether oxygens (including phenoxy) is 5. The third kappa shape index (κ3) is 77.2. The molecular weight excluding hydrogens is 1770 g/mol. The van der Waals surface area contributed by atoms with Crippen molar-refractivity contribution in [1.82, 2.24) is 10.3 Å². The van der Waals surface area contributed by atoms with Crippen molar-refractivity contribution in [3.63, 3.8) is 0 Å². The van der Waals surface area contributed by atoms with E-state index in [1.165, 1.54) is 27.7 Å². The van der Waals surface area contributed by atoms with Gasteiger partial charge >= 0.3 is 101 Å². The van der Waals surface area contributed by atoms with Gasteiger partial charge in [0.2, 0.25) is 5.91 Å². The van der Waals surface area contributed by atoms with Gasteiger partial charge in [-0.05, 0) is 102 Å². The number of aromatic amines is 1. The fourth-order valence-electron chi connectivity index (χ4n) is 6.95. The number of carboxylic acids is 10. The van der Waals surface area contributed by atoms with Gasteiger partial charge in [-0.1, -0.05) is 72.6 Å². The smallest absolute Gasteiger partial charge is 0.334 e. The second kappa shape index (κ2) is 79.7. The lowest BCUT2D eigenvalue weighted by Gasteiger charge is -2.22. The summed E-state index contributed by atoms with van der Waals surface area (Å²) in [5.41, 5.74) is 94.5. The average molecular weight is 1910 g/mol. The van der Waals surface area contributed by atoms with Crippen LogP contribution in [0.25, 0.3) is 10.9 Å². The number of fused-ring (bicyclic) bond motifs is 1. The monoisotopic (exact) mass is 1900 g/mol. The predicted molar refractivity (Wildman–Crippen MR) is 470 cm³/mol. The van der Waals surface area contributed by atoms with Gasteiger partial charge in [0.05, 0.1) is 26.1 Å². The summed E-state index contributed by atoms with van der Waals surface area (Å²) in [5, 5.41) is 94.4. The van der Waals surface area contributed by atoms with Crippen molar-refractivity contribution < 1.29 is 166 Å². The molecule has 1 saturated heterocycles. The molecule has 0 spiro atoms. The number of esters is 7. The minimum Gasteiger partial charge on any atom is -0.480 e. The molecule has 0 saturated carbocycles. The Labute approximate surface area is 754 Å². The number of aliphatic hydroxyl groups excluding tert-OH is 1. The number of H-pyrrole nitrogens is 1. The summed E-state index contributed by atoms with van der Waals surface area (Å²) in [5.74, 6) is -16.0. The summed E-state index contributed by atoms with van der Waals surface area (Å²) < 4.78 is 22.8. The van der Waals surface area contributed by atoms with Gasteiger partial charge in [-0.15, -0.1) is 0 Å². The molecule has 129 heavy (non-hydrogen) atoms. The van der Waals surface area contributed by atoms with E-state index in [2.05, 4.69) is 60.2 Å². The molecule has 748 valence electrons. The number of aliphatic carboxylic acids is 10. The summed E-state index contributed by atoms with van der Waals surface area (Å²) >= 11 is 7.45. The predicted octanol–water partition coefficient (Wildman–Crippen LogP) is -9.15. The largest absolute Gasteiger partial charge is 0.480 e. The highest BCUT2D eigenvalue weighted by atomic mass is 32.1. The van der Waals surface area contributed by atoms with E-state index in [4.69, 9.17) is 158 Å². The zero-order valence-corrected chi connectivity index (χ0v) is 75.3. The summed E-state index contributed by atoms with van der Waals surface area (Å²) in [6, 6.07) is -5.70. The van der Waals surface area contributed by atoms with Crippen LogP contribution >= 0.6 is 25.3 Å². The Kier molecular flexibility index (Phi) is 84.3. The Morgan fingerprint density at radius 1 is 0.473 bits per heavy atom. The molecule has 49 N–H and O–H groups in total. The molecule has 1 aliphatic heterocycles. The zero-order valence-electron chi connectivity index (χ0n) is 73.6. The number of carboxylic acid groups (broad SMARTS) is 10. The number of benzene rings is 1. The topological polar surface area (TPSA) is 1070 Å². The van der Waals surface area contributed by atoms with E-state index in [1.54, 1.807) is 13.8 Å². The number of aromatic nitrogens is 1. The van der Waals surface area contributed by atoms with Gasteiger partial charge in [0.25, 0.3) is 0 Å². The Morgan fingerprint density at radius 2 is 0.915 bits per heavy atom. The van der Waals surface area contributed by atoms with Gasteiger partial charge in [-0.3, -0.25) is 76.7 Å². The molecule has 1 fully saturated rings. The van der Waals surface area contributed by atoms with Crippen LogP contribution in [0.15, 0.2) is 30.5 Å². The number of carbonyl (C=O) groups is 18. The van der Waals surface area contributed by atoms with Crippen LogP contribution < -0.4 is 109 Å². The van der Waals surface area contributed by atoms with Gasteiger partial charge in [-0.25, -0.2) is 9.59 Å². The fourth-order valence-corrected chi connectivity index (χ4v) is 7.26. The first-order chi connectivity index (χ1) is 59.3. The van der Waals surface area contributed by atoms with Crippen molar-refractivity contribution in [3.8, 4) is 0 Å². The lowest BCUT2D eigenvalue weighted by molar-refractivity contribution is -0.166. The van der Waals surface area contributed by atoms with Crippen molar-refractivity contribution in [1.29, 1.82) is 0 Å². The summed E-state index contributed by atoms with van der Waals surface area (Å²) in [7, 11) is 0. The highest BCUT2D eigenvalue weighted by Crippen LogP contribution is 2.19. The Balaban J connectivity index is -0.000000177. The molecule has 18 atom stereocenters. The van der Waals surface area contributed by atoms with E-state index in [1.807, 2.05) is 58.2 Å². The quantitative estimate of drug-likeness (QED) is 0.00972. The molecule has 0 aliphatic carbocycles. The number of rotatable bonds is 39. The number of hydrogen-bond donors (Lipinski definition) is 33. The maximum Gasteiger partial charge on any atom is 0.334 e. The summed E-state index contributed by atoms with van der Waals surface area (Å²) in [6.45, 7) is 16.8. The zero-order chi connectivity index (χ0) is 103. The Bertz CT molecular complexity index is 3590. The normalized spacial score (nSPS) is 15.2. The maximum absolute atomic E-state index is 11.6. The molecule has 0 unspecified atom stereocenters. The van der Waals surface area contributed by atoms with Gasteiger partial charge in [0.15, 0.2) is 0 Å². The highest BCUT2D eigenvalue weighted by Gasteiger charge is 2.32. The molecule has 56 heteroatoms. The van der Waals surface area contributed by atoms with E-state index >= 15 is 0 Å². The van der Waals surface area contributed by atoms with Crippen LogP contribution in [0.2, 0.25) is 0 Å². The molecule has 1 aromatic carbocycles. The van der Waals surface area contributed by atoms with Crippen molar-refractivity contribution in [2.45, 2.75) is 230 Å². The van der Waals surface area contributed by atoms with Crippen LogP contribution in [0.5, 0.6) is 0 Å². The number of aliphatic hydroxyl groups is 1. The third-order valence-electron chi connectivity index (χ3n) is 15.3. The molecule has 2 aromatic rings. The molecule has 1 aromatic heterocycles. The SMILES string of the molecule is CC(C)C[C@H](N)C(=O)O.CC(C)[C@H](N)C(=O)O[C@H](C)[C@H](N)C(=O)OC(=O)[C@@H](N)CS.CC[C@H](C)[C@H](N)C(=O)O.C[C@H](N)C(=O)O.C[C@H](N)C(=O)O[C@H](C)[C@H](N)C(=O)O.NC(=O)C[C@H](N)C(=O)O.NCC(=O)OC(=O)CN.NCCCC[C@H](N)C(=O)OC[C@H](N)C(=O)O.N[C@@H](CO)C(=O)O.N[C@@H](CS)C(=O)O.N[C@@H](Cc1c[nH]c2ccccc12)C(=O)O.O=C(O)[C@@H]1CCCN1. The number of thiol groups is 2. The van der Waals surface area contributed by atoms with E-state index in [-0.39, 0.29) is 55.5 Å². The molecule has 1 amide bonds. The van der Waals surface area contributed by atoms with Gasteiger partial charge in [0.1, 0.15) is 109 Å². The van der Waals surface area contributed by atoms with Gasteiger partial charge in [-0.2, -0.15) is 25.3 Å². The van der Waals surface area contributed by atoms with Crippen molar-refractivity contribution >= 4 is 144 Å². The number of primary amides is 1. The standard InChI is InChI=1S/C12H23N3O5S.C11H12N2O2.C9H19N3O4.C7H14N2O4.2C6H13NO2.C5H9NO2.2C4H8N2O3.C3H7NO3.C3H7NO2S.C3H7NO2/c1-5(2)8(14)11(17)19-6(3)9(15)12(18)20-10(16)7(13)4-21;12-9(11(14)15)5-7-6-13-10-4-2-1-3-8(7)10;10-4-2-1-3-6(11)9(15)16-5-7(12)8(13)14;1-3(8)7(12)13-4(2)5(9)6(10)11;1-4(2)3-5(7)6(8)9;1-3-4(2)5(7)6(8)9;7-5(8)4-2-1-3-6-4;5-1-3(7)9-4(8)2-6;5-2(4(8)9)1-3(6)7;4-2(1-5)3(6)7;4-2(1-7)3(5)6;1-2(4)3(5)6/h5-9,21H,4,13-15H2,1-3H3;1-4,6,9,13H,5,12H2,(H,14,15);6-7H,1-5,10-12H2,(H,13,14);3-5H,8-9H2,1-2H3,(H,10,11);2*4-5H,3,7H2,1-2H3,(H,8,9);4,6H,1-3H2,(H,7,8);1-2,5-6H2;2H,1,5H2,(H2,6,7)(H,8,9);2,5H,1,4H2,(H,6,7);2,7H,1,4H2,(H,5,6);2H,4H2,1H3,(H,5,6)/t6-,7+,8+,9+;9-;6-,7-;3-,4+,5-;5-;4-,5-;4-;;4*2-/m1000000.0000/s1. The van der Waals surface area contributed by atoms with Gasteiger partial charge in [0, 0.05) is 35.0 Å². The highest BCUT2D eigenvalue weighted by molar-refractivity contribution is 7.80. The van der Waals surface area contributed by atoms with Crippen molar-refractivity contribution in [3.05, 3.63) is 36.0 Å². The lowest BCUT2D eigenvalue weighted by Crippen LogP contribution is -2.48. The number of para-hydroxylation sites is 1. The Hall–Kier alpha value is -10.4. The van der Waals surface area contributed by atoms with Crippen LogP contribution in [-0.4, -0.2) is 322 Å². The molecule has 2 heterocycles. The molecule has 0 radical (unpaired) electrons. The number of unbranched alkanes of at least 4 members (excludes halogenated alkanes) is 1. The number of carbonyl (C=O) groups excluding carboxylic acids is 8. The fraction of sp³-hybridized carbons (Fsp3) is 0.644. The maximum atomic E-state index is 11.6. The molecular formula is C73H140N20O34S2. The van der Waals surface area contributed by atoms with Crippen LogP contribution in [0, 0.1) is 17.8 Å². The summed E-state index contributed by atoms with van der Waals surface area (Å²) in [4.78, 5) is 191. The first kappa shape index (κ1) is 137. The number of amides is 1. The van der Waals surface area contributed by atoms with E-state index in [9.17, 15) is 86.3 Å². The molecule has 3 rings (SSSR count). The van der Waals surface area contributed by atoms with Gasteiger partial charge < -0.3 is 193 Å². The van der Waals surface area contributed by atoms with Crippen molar-refractivity contribution in [2.24, 2.45) is 121 Å². The molecule has 1 aliphatic rings. The molecule has 0 bridgehead atoms. The average Bonchev–Trinajstić information content (AvgIpc) is 1.69. The number of hydrogen-bond acceptors (Lipinski definition) is 44. The minimum atomic E-state index is -1.32. The summed E-state index contributed by atoms with van der Waals surface area (Å²) in [6.07, 6.45) is 5.12. The third-order valence-corrected chi connectivity index (χ3v) is 16.1. The van der Waals surface area contributed by atoms with Crippen LogP contribution in [-0.2, 0) is 116 Å². The Morgan fingerprint density at radius 3 is 1.22 bits per heavy atom. The second-order valence-electron chi connectivity index (χ2n) is 27.8. The lowest BCUT2D eigenvalue weighted by atomic mass is 10.0. The first-order valence-corrected chi connectivity index (χ1v) is 40.0. The number of nitrogens with two attached hydrogens (primary N) is 18. The van der Waals surface area contributed by atoms with E-state index < -0.39 is 211 Å².